The standard InChI is InChI=1S/C31H37BrN6O5S/c1-2-43-20-13-11-19(12-14-20)34-28(40)24-25-30(42)37(15-7-3-4-8-16-39)27(31(25)17-21(32)26(24)44-31)29(41)33-18-38-23-10-6-5-9-22(23)35-36-38/h5-6,9-14,21,24-27,39H,2-4,7-8,15-18H2,1H3,(H,33,41)(H,34,40)/t21?,24-,25-,26-,27?,31?/m0/s1. The zero-order valence-electron chi connectivity index (χ0n) is 24.5. The molecular formula is C31H37BrN6O5S. The Bertz CT molecular complexity index is 1520. The van der Waals surface area contributed by atoms with E-state index in [2.05, 4.69) is 36.9 Å². The largest absolute Gasteiger partial charge is 0.494 e. The fourth-order valence-electron chi connectivity index (χ4n) is 7.03. The first kappa shape index (κ1) is 30.8. The Kier molecular flexibility index (Phi) is 9.16. The number of likely N-dealkylation sites (tertiary alicyclic amines) is 1. The van der Waals surface area contributed by atoms with Crippen molar-refractivity contribution in [3.8, 4) is 5.75 Å². The molecule has 1 aromatic heterocycles. The number of ether oxygens (including phenoxy) is 1. The van der Waals surface area contributed by atoms with Crippen LogP contribution in [-0.4, -0.2) is 83.3 Å². The number of halogens is 1. The predicted molar refractivity (Wildman–Crippen MR) is 171 cm³/mol. The Morgan fingerprint density at radius 3 is 2.66 bits per heavy atom. The highest BCUT2D eigenvalue weighted by Crippen LogP contribution is 2.67. The van der Waals surface area contributed by atoms with E-state index in [0.29, 0.717) is 43.9 Å². The number of nitrogens with zero attached hydrogens (tertiary/aromatic N) is 4. The van der Waals surface area contributed by atoms with Crippen LogP contribution in [0.5, 0.6) is 5.75 Å². The number of para-hydroxylation sites is 1. The average molecular weight is 686 g/mol. The molecule has 44 heavy (non-hydrogen) atoms. The highest BCUT2D eigenvalue weighted by Gasteiger charge is 2.75. The maximum Gasteiger partial charge on any atom is 0.245 e. The summed E-state index contributed by atoms with van der Waals surface area (Å²) in [5.74, 6) is -1.10. The molecule has 234 valence electrons. The van der Waals surface area contributed by atoms with Gasteiger partial charge < -0.3 is 25.4 Å². The van der Waals surface area contributed by atoms with Crippen molar-refractivity contribution < 1.29 is 24.2 Å². The smallest absolute Gasteiger partial charge is 0.245 e. The minimum Gasteiger partial charge on any atom is -0.494 e. The summed E-state index contributed by atoms with van der Waals surface area (Å²) in [4.78, 5) is 43.9. The Labute approximate surface area is 268 Å². The number of alkyl halides is 1. The zero-order chi connectivity index (χ0) is 30.8. The van der Waals surface area contributed by atoms with Gasteiger partial charge in [-0.1, -0.05) is 46.1 Å². The molecule has 13 heteroatoms. The fourth-order valence-corrected chi connectivity index (χ4v) is 10.6. The van der Waals surface area contributed by atoms with Crippen LogP contribution in [0.4, 0.5) is 5.69 Å². The van der Waals surface area contributed by atoms with Gasteiger partial charge in [0.2, 0.25) is 17.7 Å². The number of carbonyl (C=O) groups is 3. The number of fused-ring (bicyclic) bond motifs is 2. The van der Waals surface area contributed by atoms with Gasteiger partial charge in [-0.25, -0.2) is 4.68 Å². The molecule has 2 bridgehead atoms. The van der Waals surface area contributed by atoms with E-state index >= 15 is 0 Å². The third kappa shape index (κ3) is 5.58. The first-order chi connectivity index (χ1) is 21.4. The first-order valence-corrected chi connectivity index (χ1v) is 17.0. The van der Waals surface area contributed by atoms with Crippen LogP contribution in [0, 0.1) is 11.8 Å². The molecule has 3 N–H and O–H groups in total. The molecular weight excluding hydrogens is 648 g/mol. The monoisotopic (exact) mass is 684 g/mol. The molecule has 1 spiro atoms. The van der Waals surface area contributed by atoms with Crippen LogP contribution in [0.1, 0.15) is 39.0 Å². The van der Waals surface area contributed by atoms with Crippen molar-refractivity contribution in [2.24, 2.45) is 11.8 Å². The van der Waals surface area contributed by atoms with Crippen LogP contribution in [0.3, 0.4) is 0 Å². The molecule has 3 unspecified atom stereocenters. The number of rotatable bonds is 13. The number of nitrogens with one attached hydrogen (secondary N) is 2. The highest BCUT2D eigenvalue weighted by molar-refractivity contribution is 9.09. The number of benzene rings is 2. The summed E-state index contributed by atoms with van der Waals surface area (Å²) in [7, 11) is 0. The molecule has 3 aliphatic heterocycles. The summed E-state index contributed by atoms with van der Waals surface area (Å²) in [6.07, 6.45) is 3.70. The molecule has 4 heterocycles. The first-order valence-electron chi connectivity index (χ1n) is 15.2. The van der Waals surface area contributed by atoms with Crippen molar-refractivity contribution in [3.63, 3.8) is 0 Å². The summed E-state index contributed by atoms with van der Waals surface area (Å²) >= 11 is 5.43. The number of amides is 3. The topological polar surface area (TPSA) is 139 Å². The van der Waals surface area contributed by atoms with Gasteiger partial charge in [0.25, 0.3) is 0 Å². The second-order valence-electron chi connectivity index (χ2n) is 11.6. The molecule has 2 aromatic carbocycles. The van der Waals surface area contributed by atoms with Crippen molar-refractivity contribution in [2.75, 3.05) is 25.1 Å². The molecule has 3 fully saturated rings. The van der Waals surface area contributed by atoms with Gasteiger partial charge in [-0.3, -0.25) is 14.4 Å². The number of hydrogen-bond acceptors (Lipinski definition) is 8. The summed E-state index contributed by atoms with van der Waals surface area (Å²) < 4.78 is 6.42. The van der Waals surface area contributed by atoms with Crippen LogP contribution in [0.25, 0.3) is 11.0 Å². The van der Waals surface area contributed by atoms with E-state index in [1.54, 1.807) is 45.6 Å². The van der Waals surface area contributed by atoms with E-state index in [1.807, 2.05) is 31.2 Å². The van der Waals surface area contributed by atoms with E-state index < -0.39 is 22.6 Å². The van der Waals surface area contributed by atoms with Crippen molar-refractivity contribution in [1.82, 2.24) is 25.2 Å². The highest BCUT2D eigenvalue weighted by atomic mass is 79.9. The molecule has 0 aliphatic carbocycles. The van der Waals surface area contributed by atoms with Crippen molar-refractivity contribution in [2.45, 2.75) is 66.6 Å². The lowest BCUT2D eigenvalue weighted by molar-refractivity contribution is -0.139. The molecule has 11 nitrogen and oxygen atoms in total. The second-order valence-corrected chi connectivity index (χ2v) is 14.3. The van der Waals surface area contributed by atoms with E-state index in [-0.39, 0.29) is 41.1 Å². The molecule has 0 saturated carbocycles. The van der Waals surface area contributed by atoms with Gasteiger partial charge in [0.15, 0.2) is 0 Å². The average Bonchev–Trinajstić information content (AvgIpc) is 3.74. The fraction of sp³-hybridized carbons (Fsp3) is 0.516. The Hall–Kier alpha value is -3.16. The molecule has 6 atom stereocenters. The van der Waals surface area contributed by atoms with Crippen LogP contribution in [0.2, 0.25) is 0 Å². The number of aromatic nitrogens is 3. The normalized spacial score (nSPS) is 27.1. The minimum atomic E-state index is -0.740. The van der Waals surface area contributed by atoms with Crippen molar-refractivity contribution >= 4 is 62.1 Å². The molecule has 3 aliphatic rings. The maximum atomic E-state index is 14.3. The molecule has 6 rings (SSSR count). The number of unbranched alkanes of at least 4 members (excludes halogenated alkanes) is 3. The Balaban J connectivity index is 1.25. The number of hydrogen-bond donors (Lipinski definition) is 3. The Morgan fingerprint density at radius 2 is 1.89 bits per heavy atom. The van der Waals surface area contributed by atoms with Crippen molar-refractivity contribution in [1.29, 1.82) is 0 Å². The van der Waals surface area contributed by atoms with Crippen LogP contribution < -0.4 is 15.4 Å². The van der Waals surface area contributed by atoms with Crippen LogP contribution in [0.15, 0.2) is 48.5 Å². The van der Waals surface area contributed by atoms with Crippen molar-refractivity contribution in [3.05, 3.63) is 48.5 Å². The lowest BCUT2D eigenvalue weighted by atomic mass is 9.70. The number of anilines is 1. The van der Waals surface area contributed by atoms with Gasteiger partial charge in [0, 0.05) is 28.9 Å². The number of carbonyl (C=O) groups excluding carboxylic acids is 3. The lowest BCUT2D eigenvalue weighted by Crippen LogP contribution is -2.54. The third-order valence-electron chi connectivity index (χ3n) is 8.90. The van der Waals surface area contributed by atoms with Gasteiger partial charge in [-0.15, -0.1) is 16.9 Å². The van der Waals surface area contributed by atoms with Gasteiger partial charge in [0.1, 0.15) is 24.0 Å². The quantitative estimate of drug-likeness (QED) is 0.184. The Morgan fingerprint density at radius 1 is 1.11 bits per heavy atom. The van der Waals surface area contributed by atoms with Gasteiger partial charge in [-0.2, -0.15) is 0 Å². The van der Waals surface area contributed by atoms with E-state index in [9.17, 15) is 19.5 Å². The predicted octanol–water partition coefficient (Wildman–Crippen LogP) is 3.56. The summed E-state index contributed by atoms with van der Waals surface area (Å²) in [6, 6.07) is 14.0. The number of aliphatic hydroxyl groups is 1. The van der Waals surface area contributed by atoms with E-state index in [0.717, 1.165) is 23.9 Å². The van der Waals surface area contributed by atoms with Gasteiger partial charge in [-0.05, 0) is 62.6 Å². The number of thioether (sulfide) groups is 1. The minimum absolute atomic E-state index is 0.0216. The third-order valence-corrected chi connectivity index (χ3v) is 12.1. The SMILES string of the molecule is CCOc1ccc(NC(=O)[C@H]2[C@H]3C(=O)N(CCCCCCO)C(C(=O)NCn4nnc5ccccc54)C34CC(Br)[C@@H]2S4)cc1. The zero-order valence-corrected chi connectivity index (χ0v) is 26.9. The molecule has 3 aromatic rings. The lowest BCUT2D eigenvalue weighted by Gasteiger charge is -2.35. The van der Waals surface area contributed by atoms with Gasteiger partial charge in [0.05, 0.1) is 28.7 Å². The van der Waals surface area contributed by atoms with E-state index in [4.69, 9.17) is 4.74 Å². The molecule has 0 radical (unpaired) electrons. The molecule has 3 saturated heterocycles. The van der Waals surface area contributed by atoms with Gasteiger partial charge >= 0.3 is 0 Å². The molecule has 3 amide bonds. The summed E-state index contributed by atoms with van der Waals surface area (Å²) in [5, 5.41) is 23.5. The van der Waals surface area contributed by atoms with Crippen LogP contribution >= 0.6 is 27.7 Å². The second kappa shape index (κ2) is 13.1. The summed E-state index contributed by atoms with van der Waals surface area (Å²) in [6.45, 7) is 3.12. The van der Waals surface area contributed by atoms with Crippen LogP contribution in [-0.2, 0) is 21.1 Å². The summed E-state index contributed by atoms with van der Waals surface area (Å²) in [5.41, 5.74) is 2.16. The number of aliphatic hydroxyl groups excluding tert-OH is 1. The maximum absolute atomic E-state index is 14.3. The van der Waals surface area contributed by atoms with E-state index in [1.165, 1.54) is 0 Å².